The van der Waals surface area contributed by atoms with E-state index >= 15 is 0 Å². The lowest BCUT2D eigenvalue weighted by molar-refractivity contribution is -0.153. The first kappa shape index (κ1) is 49.5. The fourth-order valence-corrected chi connectivity index (χ4v) is 5.70. The molecular weight excluding hydrogens is 673 g/mol. The van der Waals surface area contributed by atoms with Crippen molar-refractivity contribution >= 4 is 13.8 Å². The summed E-state index contributed by atoms with van der Waals surface area (Å²) in [6.07, 6.45) is 51.2. The van der Waals surface area contributed by atoms with Gasteiger partial charge in [0, 0.05) is 13.0 Å². The monoisotopic (exact) mass is 748 g/mol. The highest BCUT2D eigenvalue weighted by Crippen LogP contribution is 2.43. The van der Waals surface area contributed by atoms with Gasteiger partial charge in [0.15, 0.2) is 6.10 Å². The van der Waals surface area contributed by atoms with E-state index < -0.39 is 19.9 Å². The lowest BCUT2D eigenvalue weighted by atomic mass is 10.1. The Morgan fingerprint density at radius 1 is 0.615 bits per heavy atom. The molecule has 0 heterocycles. The molecule has 298 valence electrons. The molecule has 0 aliphatic carbocycles. The van der Waals surface area contributed by atoms with Crippen molar-refractivity contribution in [1.82, 2.24) is 0 Å². The quantitative estimate of drug-likeness (QED) is 0.0212. The van der Waals surface area contributed by atoms with E-state index in [1.54, 1.807) is 6.26 Å². The van der Waals surface area contributed by atoms with Gasteiger partial charge in [0.25, 0.3) is 0 Å². The molecule has 3 N–H and O–H groups in total. The number of carbonyl (C=O) groups is 1. The number of allylic oxidation sites excluding steroid dienone is 13. The number of carbonyl (C=O) groups excluding carboxylic acids is 1. The van der Waals surface area contributed by atoms with Gasteiger partial charge < -0.3 is 20.1 Å². The maximum absolute atomic E-state index is 12.5. The van der Waals surface area contributed by atoms with Crippen LogP contribution < -0.4 is 5.73 Å². The molecule has 8 nitrogen and oxygen atoms in total. The second kappa shape index (κ2) is 39.7. The second-order valence-electron chi connectivity index (χ2n) is 12.8. The molecule has 52 heavy (non-hydrogen) atoms. The zero-order chi connectivity index (χ0) is 38.1. The highest BCUT2D eigenvalue weighted by Gasteiger charge is 2.25. The van der Waals surface area contributed by atoms with Crippen molar-refractivity contribution in [3.63, 3.8) is 0 Å². The predicted octanol–water partition coefficient (Wildman–Crippen LogP) is 12.1. The first-order chi connectivity index (χ1) is 25.4. The molecule has 0 bridgehead atoms. The van der Waals surface area contributed by atoms with Gasteiger partial charge in [-0.05, 0) is 89.5 Å². The summed E-state index contributed by atoms with van der Waals surface area (Å²) >= 11 is 0. The lowest BCUT2D eigenvalue weighted by Crippen LogP contribution is -2.27. The molecule has 0 aromatic carbocycles. The highest BCUT2D eigenvalue weighted by molar-refractivity contribution is 7.47. The normalized spacial score (nSPS) is 14.4. The number of ether oxygens (including phenoxy) is 2. The molecular formula is C43H74NO7P. The minimum absolute atomic E-state index is 0.00108. The van der Waals surface area contributed by atoms with Gasteiger partial charge in [0.1, 0.15) is 6.61 Å². The highest BCUT2D eigenvalue weighted by atomic mass is 31.2. The van der Waals surface area contributed by atoms with Gasteiger partial charge >= 0.3 is 13.8 Å². The fourth-order valence-electron chi connectivity index (χ4n) is 4.93. The van der Waals surface area contributed by atoms with E-state index in [1.807, 2.05) is 6.08 Å². The van der Waals surface area contributed by atoms with E-state index in [2.05, 4.69) is 86.8 Å². The van der Waals surface area contributed by atoms with Crippen LogP contribution in [0.2, 0.25) is 0 Å². The van der Waals surface area contributed by atoms with Crippen LogP contribution >= 0.6 is 7.82 Å². The third-order valence-electron chi connectivity index (χ3n) is 7.86. The van der Waals surface area contributed by atoms with Gasteiger partial charge in [-0.15, -0.1) is 0 Å². The van der Waals surface area contributed by atoms with Crippen molar-refractivity contribution in [1.29, 1.82) is 0 Å². The van der Waals surface area contributed by atoms with Crippen LogP contribution in [0.1, 0.15) is 149 Å². The number of unbranched alkanes of at least 4 members (excludes halogenated alkanes) is 12. The van der Waals surface area contributed by atoms with E-state index in [0.29, 0.717) is 6.42 Å². The molecule has 9 heteroatoms. The average molecular weight is 748 g/mol. The van der Waals surface area contributed by atoms with Crippen LogP contribution in [0.15, 0.2) is 85.3 Å². The largest absolute Gasteiger partial charge is 0.498 e. The van der Waals surface area contributed by atoms with Gasteiger partial charge in [0.2, 0.25) is 0 Å². The number of hydrogen-bond donors (Lipinski definition) is 2. The molecule has 0 aromatic heterocycles. The molecule has 2 atom stereocenters. The van der Waals surface area contributed by atoms with E-state index in [1.165, 1.54) is 70.6 Å². The summed E-state index contributed by atoms with van der Waals surface area (Å²) in [6.45, 7) is 4.01. The maximum atomic E-state index is 12.5. The van der Waals surface area contributed by atoms with Crippen LogP contribution in [0, 0.1) is 0 Å². The molecule has 0 aliphatic rings. The molecule has 0 saturated heterocycles. The van der Waals surface area contributed by atoms with Crippen LogP contribution in [-0.2, 0) is 27.9 Å². The van der Waals surface area contributed by atoms with Crippen molar-refractivity contribution in [3.05, 3.63) is 85.3 Å². The van der Waals surface area contributed by atoms with Crippen molar-refractivity contribution in [2.75, 3.05) is 26.4 Å². The molecule has 0 rings (SSSR count). The first-order valence-corrected chi connectivity index (χ1v) is 21.6. The van der Waals surface area contributed by atoms with Gasteiger partial charge in [-0.1, -0.05) is 132 Å². The summed E-state index contributed by atoms with van der Waals surface area (Å²) in [4.78, 5) is 22.4. The van der Waals surface area contributed by atoms with E-state index in [0.717, 1.165) is 51.4 Å². The van der Waals surface area contributed by atoms with Crippen molar-refractivity contribution in [3.8, 4) is 0 Å². The van der Waals surface area contributed by atoms with Crippen molar-refractivity contribution in [2.45, 2.75) is 155 Å². The van der Waals surface area contributed by atoms with Crippen LogP contribution in [0.25, 0.3) is 0 Å². The minimum atomic E-state index is -4.31. The third-order valence-corrected chi connectivity index (χ3v) is 8.84. The summed E-state index contributed by atoms with van der Waals surface area (Å²) < 4.78 is 33.0. The number of phosphoric acid groups is 1. The first-order valence-electron chi connectivity index (χ1n) is 20.1. The summed E-state index contributed by atoms with van der Waals surface area (Å²) in [6, 6.07) is 0. The number of phosphoric ester groups is 1. The zero-order valence-corrected chi connectivity index (χ0v) is 33.7. The number of nitrogens with two attached hydrogens (primary N) is 1. The Kier molecular flexibility index (Phi) is 37.8. The Bertz CT molecular complexity index is 1060. The number of rotatable bonds is 37. The van der Waals surface area contributed by atoms with Gasteiger partial charge in [-0.2, -0.15) is 0 Å². The Labute approximate surface area is 318 Å². The van der Waals surface area contributed by atoms with Gasteiger partial charge in [-0.25, -0.2) is 4.57 Å². The van der Waals surface area contributed by atoms with E-state index in [-0.39, 0.29) is 32.8 Å². The third kappa shape index (κ3) is 38.7. The summed E-state index contributed by atoms with van der Waals surface area (Å²) in [5.74, 6) is -0.414. The van der Waals surface area contributed by atoms with Crippen LogP contribution in [-0.4, -0.2) is 43.3 Å². The lowest BCUT2D eigenvalue weighted by Gasteiger charge is -2.19. The predicted molar refractivity (Wildman–Crippen MR) is 219 cm³/mol. The summed E-state index contributed by atoms with van der Waals surface area (Å²) in [7, 11) is -4.31. The molecule has 0 aromatic rings. The number of hydrogen-bond acceptors (Lipinski definition) is 7. The van der Waals surface area contributed by atoms with Crippen LogP contribution in [0.5, 0.6) is 0 Å². The zero-order valence-electron chi connectivity index (χ0n) is 32.8. The smallest absolute Gasteiger partial charge is 0.472 e. The summed E-state index contributed by atoms with van der Waals surface area (Å²) in [5, 5.41) is 0. The van der Waals surface area contributed by atoms with E-state index in [4.69, 9.17) is 24.3 Å². The van der Waals surface area contributed by atoms with Crippen molar-refractivity contribution in [2.24, 2.45) is 5.73 Å². The average Bonchev–Trinajstić information content (AvgIpc) is 3.13. The topological polar surface area (TPSA) is 117 Å². The molecule has 0 radical (unpaired) electrons. The Balaban J connectivity index is 4.26. The molecule has 0 aliphatic heterocycles. The Hall–Kier alpha value is -2.48. The molecule has 1 unspecified atom stereocenters. The summed E-state index contributed by atoms with van der Waals surface area (Å²) in [5.41, 5.74) is 5.35. The Morgan fingerprint density at radius 2 is 1.10 bits per heavy atom. The molecule has 0 spiro atoms. The fraction of sp³-hybridized carbons (Fsp3) is 0.651. The second-order valence-corrected chi connectivity index (χ2v) is 14.3. The van der Waals surface area contributed by atoms with Crippen molar-refractivity contribution < 1.29 is 32.8 Å². The molecule has 0 saturated carbocycles. The molecule has 0 amide bonds. The maximum Gasteiger partial charge on any atom is 0.472 e. The van der Waals surface area contributed by atoms with Crippen LogP contribution in [0.3, 0.4) is 0 Å². The standard InChI is InChI=1S/C43H74NO7P/c1-3-5-7-9-11-13-15-17-19-21-22-24-26-28-30-32-34-36-43(45)51-42(41-50-52(46,47)49-39-37-44)40-48-38-35-33-31-29-27-25-23-20-18-16-14-12-10-8-6-4-2/h5,7,11,13-14,16-17,19,22,24,28,30,35,38,42H,3-4,6,8-10,12,15,18,20-21,23,25-27,29,31-34,36-37,39-41,44H2,1-2H3,(H,46,47)/b7-5-,13-11-,16-14-,19-17-,24-22-,30-28-,38-35-/t42-/m1/s1. The minimum Gasteiger partial charge on any atom is -0.498 e. The SMILES string of the molecule is CC/C=C\C/C=C\C/C=C\C/C=C\C/C=C\CCCC(=O)O[C@H](CO/C=C\CCCCCCCC/C=C\CCCCCC)COP(=O)(O)OCCN. The van der Waals surface area contributed by atoms with Gasteiger partial charge in [0.05, 0.1) is 19.5 Å². The van der Waals surface area contributed by atoms with Crippen LogP contribution in [0.4, 0.5) is 0 Å². The Morgan fingerprint density at radius 3 is 1.65 bits per heavy atom. The molecule has 0 fully saturated rings. The van der Waals surface area contributed by atoms with E-state index in [9.17, 15) is 14.3 Å². The van der Waals surface area contributed by atoms with Gasteiger partial charge in [-0.3, -0.25) is 13.8 Å². The number of esters is 1.